The molecule has 0 aromatic heterocycles. The maximum Gasteiger partial charge on any atom is 0.153 e. The van der Waals surface area contributed by atoms with E-state index in [0.717, 1.165) is 13.1 Å². The molecule has 4 heteroatoms. The zero-order valence-electron chi connectivity index (χ0n) is 11.3. The second-order valence-corrected chi connectivity index (χ2v) is 7.75. The van der Waals surface area contributed by atoms with Crippen molar-refractivity contribution in [1.29, 1.82) is 0 Å². The lowest BCUT2D eigenvalue weighted by atomic mass is 10.2. The summed E-state index contributed by atoms with van der Waals surface area (Å²) in [6.45, 7) is 11.8. The maximum absolute atomic E-state index is 11.8. The molecule has 16 heavy (non-hydrogen) atoms. The summed E-state index contributed by atoms with van der Waals surface area (Å²) in [5.41, 5.74) is 0. The monoisotopic (exact) mass is 249 g/mol. The van der Waals surface area contributed by atoms with Gasteiger partial charge >= 0.3 is 0 Å². The quantitative estimate of drug-likeness (QED) is 0.670. The van der Waals surface area contributed by atoms with Crippen molar-refractivity contribution in [3.05, 3.63) is 0 Å². The van der Waals surface area contributed by atoms with Crippen LogP contribution in [0.1, 0.15) is 41.0 Å². The first-order chi connectivity index (χ1) is 7.27. The molecule has 98 valence electrons. The summed E-state index contributed by atoms with van der Waals surface area (Å²) < 4.78 is 23.7. The first-order valence-corrected chi connectivity index (χ1v) is 7.91. The van der Waals surface area contributed by atoms with Crippen LogP contribution < -0.4 is 5.32 Å². The van der Waals surface area contributed by atoms with Gasteiger partial charge in [-0.2, -0.15) is 0 Å². The molecule has 1 N–H and O–H groups in total. The Kier molecular flexibility index (Phi) is 7.24. The van der Waals surface area contributed by atoms with Gasteiger partial charge in [0.05, 0.1) is 11.0 Å². The fourth-order valence-electron chi connectivity index (χ4n) is 1.39. The minimum absolute atomic E-state index is 0.202. The van der Waals surface area contributed by atoms with Gasteiger partial charge in [-0.3, -0.25) is 0 Å². The molecular formula is C12H27NO2S. The average Bonchev–Trinajstić information content (AvgIpc) is 2.15. The van der Waals surface area contributed by atoms with E-state index in [4.69, 9.17) is 0 Å². The van der Waals surface area contributed by atoms with E-state index < -0.39 is 9.84 Å². The lowest BCUT2D eigenvalue weighted by Crippen LogP contribution is -2.28. The van der Waals surface area contributed by atoms with Crippen molar-refractivity contribution in [2.45, 2.75) is 46.3 Å². The first-order valence-electron chi connectivity index (χ1n) is 6.19. The van der Waals surface area contributed by atoms with Gasteiger partial charge in [0, 0.05) is 0 Å². The normalized spacial score (nSPS) is 14.7. The molecule has 3 nitrogen and oxygen atoms in total. The van der Waals surface area contributed by atoms with Gasteiger partial charge in [-0.05, 0) is 38.3 Å². The van der Waals surface area contributed by atoms with E-state index in [0.29, 0.717) is 18.1 Å². The Balaban J connectivity index is 3.84. The van der Waals surface area contributed by atoms with Crippen LogP contribution in [0.2, 0.25) is 0 Å². The van der Waals surface area contributed by atoms with Crippen LogP contribution in [-0.2, 0) is 9.84 Å². The minimum Gasteiger partial charge on any atom is -0.316 e. The molecule has 0 aliphatic heterocycles. The van der Waals surface area contributed by atoms with Gasteiger partial charge in [-0.1, -0.05) is 27.7 Å². The van der Waals surface area contributed by atoms with Crippen molar-refractivity contribution in [3.63, 3.8) is 0 Å². The van der Waals surface area contributed by atoms with E-state index in [-0.39, 0.29) is 11.2 Å². The molecule has 1 unspecified atom stereocenters. The second kappa shape index (κ2) is 7.28. The zero-order valence-corrected chi connectivity index (χ0v) is 12.1. The summed E-state index contributed by atoms with van der Waals surface area (Å²) in [4.78, 5) is 0. The van der Waals surface area contributed by atoms with Gasteiger partial charge in [-0.25, -0.2) is 8.42 Å². The van der Waals surface area contributed by atoms with E-state index in [9.17, 15) is 8.42 Å². The molecule has 0 saturated heterocycles. The summed E-state index contributed by atoms with van der Waals surface area (Å²) in [7, 11) is -2.90. The first kappa shape index (κ1) is 15.9. The SMILES string of the molecule is CC(C)CNCCCS(=O)(=O)C(C)C(C)C. The highest BCUT2D eigenvalue weighted by molar-refractivity contribution is 7.92. The molecule has 0 saturated carbocycles. The van der Waals surface area contributed by atoms with Crippen molar-refractivity contribution in [2.24, 2.45) is 11.8 Å². The van der Waals surface area contributed by atoms with Gasteiger partial charge < -0.3 is 5.32 Å². The fourth-order valence-corrected chi connectivity index (χ4v) is 3.14. The summed E-state index contributed by atoms with van der Waals surface area (Å²) in [6, 6.07) is 0. The van der Waals surface area contributed by atoms with Crippen LogP contribution in [-0.4, -0.2) is 32.5 Å². The van der Waals surface area contributed by atoms with Crippen LogP contribution in [0.5, 0.6) is 0 Å². The van der Waals surface area contributed by atoms with E-state index >= 15 is 0 Å². The third-order valence-electron chi connectivity index (χ3n) is 2.84. The fraction of sp³-hybridized carbons (Fsp3) is 1.00. The summed E-state index contributed by atoms with van der Waals surface area (Å²) in [5, 5.41) is 3.04. The van der Waals surface area contributed by atoms with Crippen molar-refractivity contribution < 1.29 is 8.42 Å². The summed E-state index contributed by atoms with van der Waals surface area (Å²) in [5.74, 6) is 1.12. The molecule has 0 aliphatic carbocycles. The van der Waals surface area contributed by atoms with Crippen LogP contribution in [0.15, 0.2) is 0 Å². The minimum atomic E-state index is -2.90. The lowest BCUT2D eigenvalue weighted by molar-refractivity contribution is 0.532. The number of hydrogen-bond acceptors (Lipinski definition) is 3. The van der Waals surface area contributed by atoms with E-state index in [1.807, 2.05) is 20.8 Å². The molecule has 0 rings (SSSR count). The van der Waals surface area contributed by atoms with Gasteiger partial charge in [-0.15, -0.1) is 0 Å². The van der Waals surface area contributed by atoms with Crippen LogP contribution >= 0.6 is 0 Å². The van der Waals surface area contributed by atoms with Crippen LogP contribution in [0.25, 0.3) is 0 Å². The number of hydrogen-bond donors (Lipinski definition) is 1. The smallest absolute Gasteiger partial charge is 0.153 e. The molecule has 0 bridgehead atoms. The Bertz CT molecular complexity index is 271. The number of sulfone groups is 1. The molecule has 0 aromatic rings. The van der Waals surface area contributed by atoms with E-state index in [1.54, 1.807) is 0 Å². The Morgan fingerprint density at radius 3 is 2.06 bits per heavy atom. The Morgan fingerprint density at radius 2 is 1.62 bits per heavy atom. The average molecular weight is 249 g/mol. The van der Waals surface area contributed by atoms with Crippen molar-refractivity contribution in [3.8, 4) is 0 Å². The highest BCUT2D eigenvalue weighted by Crippen LogP contribution is 2.12. The molecule has 0 spiro atoms. The number of nitrogens with one attached hydrogen (secondary N) is 1. The van der Waals surface area contributed by atoms with E-state index in [2.05, 4.69) is 19.2 Å². The highest BCUT2D eigenvalue weighted by Gasteiger charge is 2.22. The molecule has 0 heterocycles. The van der Waals surface area contributed by atoms with Gasteiger partial charge in [0.2, 0.25) is 0 Å². The van der Waals surface area contributed by atoms with Crippen LogP contribution in [0.3, 0.4) is 0 Å². The Labute approximate surface area is 101 Å². The van der Waals surface area contributed by atoms with Crippen molar-refractivity contribution in [1.82, 2.24) is 5.32 Å². The largest absolute Gasteiger partial charge is 0.316 e. The van der Waals surface area contributed by atoms with Crippen LogP contribution in [0.4, 0.5) is 0 Å². The molecule has 0 radical (unpaired) electrons. The van der Waals surface area contributed by atoms with Gasteiger partial charge in [0.25, 0.3) is 0 Å². The Hall–Kier alpha value is -0.0900. The zero-order chi connectivity index (χ0) is 12.8. The second-order valence-electron chi connectivity index (χ2n) is 5.27. The number of rotatable bonds is 8. The Morgan fingerprint density at radius 1 is 1.06 bits per heavy atom. The van der Waals surface area contributed by atoms with Gasteiger partial charge in [0.15, 0.2) is 9.84 Å². The van der Waals surface area contributed by atoms with Crippen molar-refractivity contribution >= 4 is 9.84 Å². The predicted octanol–water partition coefficient (Wildman–Crippen LogP) is 2.08. The topological polar surface area (TPSA) is 46.2 Å². The molecule has 0 amide bonds. The summed E-state index contributed by atoms with van der Waals surface area (Å²) >= 11 is 0. The molecular weight excluding hydrogens is 222 g/mol. The molecule has 0 aliphatic rings. The third kappa shape index (κ3) is 6.48. The van der Waals surface area contributed by atoms with Crippen molar-refractivity contribution in [2.75, 3.05) is 18.8 Å². The molecule has 1 atom stereocenters. The van der Waals surface area contributed by atoms with E-state index in [1.165, 1.54) is 0 Å². The molecule has 0 fully saturated rings. The highest BCUT2D eigenvalue weighted by atomic mass is 32.2. The predicted molar refractivity (Wildman–Crippen MR) is 70.4 cm³/mol. The standard InChI is InChI=1S/C12H27NO2S/c1-10(2)9-13-7-6-8-16(14,15)12(5)11(3)4/h10-13H,6-9H2,1-5H3. The van der Waals surface area contributed by atoms with Crippen LogP contribution in [0, 0.1) is 11.8 Å². The molecule has 0 aromatic carbocycles. The summed E-state index contributed by atoms with van der Waals surface area (Å²) in [6.07, 6.45) is 0.714. The van der Waals surface area contributed by atoms with Gasteiger partial charge in [0.1, 0.15) is 0 Å². The third-order valence-corrected chi connectivity index (χ3v) is 5.38. The maximum atomic E-state index is 11.8. The lowest BCUT2D eigenvalue weighted by Gasteiger charge is -2.16.